The minimum atomic E-state index is -0.272. The van der Waals surface area contributed by atoms with Crippen LogP contribution in [0.25, 0.3) is 0 Å². The Bertz CT molecular complexity index is 725. The molecule has 0 amide bonds. The minimum absolute atomic E-state index is 0.229. The van der Waals surface area contributed by atoms with Crippen LogP contribution >= 0.6 is 0 Å². The van der Waals surface area contributed by atoms with Gasteiger partial charge in [-0.25, -0.2) is 0 Å². The molecule has 0 aromatic carbocycles. The summed E-state index contributed by atoms with van der Waals surface area (Å²) >= 11 is 0. The summed E-state index contributed by atoms with van der Waals surface area (Å²) in [5.74, 6) is 0.721. The second-order valence-electron chi connectivity index (χ2n) is 18.8. The van der Waals surface area contributed by atoms with Gasteiger partial charge in [0.1, 0.15) is 0 Å². The molecule has 56 heavy (non-hydrogen) atoms. The van der Waals surface area contributed by atoms with Crippen molar-refractivity contribution in [1.82, 2.24) is 0 Å². The zero-order chi connectivity index (χ0) is 40.9. The lowest BCUT2D eigenvalue weighted by Gasteiger charge is -2.40. The van der Waals surface area contributed by atoms with Gasteiger partial charge in [-0.1, -0.05) is 291 Å². The summed E-state index contributed by atoms with van der Waals surface area (Å²) in [4.78, 5) is 14.9. The lowest BCUT2D eigenvalue weighted by Crippen LogP contribution is -2.41. The lowest BCUT2D eigenvalue weighted by molar-refractivity contribution is -0.162. The predicted molar refractivity (Wildman–Crippen MR) is 253 cm³/mol. The first-order chi connectivity index (χ1) is 27.6. The third kappa shape index (κ3) is 34.3. The zero-order valence-electron chi connectivity index (χ0n) is 39.9. The first-order valence-corrected chi connectivity index (χ1v) is 26.8. The first kappa shape index (κ1) is 55.5. The summed E-state index contributed by atoms with van der Waals surface area (Å²) in [6.45, 7) is 12.2. The number of hydrogen-bond donors (Lipinski definition) is 0. The van der Waals surface area contributed by atoms with Crippen molar-refractivity contribution >= 4 is 5.97 Å². The van der Waals surface area contributed by atoms with Crippen LogP contribution in [-0.4, -0.2) is 12.6 Å². The molecule has 1 atom stereocenters. The van der Waals surface area contributed by atoms with E-state index in [1.807, 2.05) is 0 Å². The fourth-order valence-corrected chi connectivity index (χ4v) is 9.52. The lowest BCUT2D eigenvalue weighted by atomic mass is 9.65. The molecule has 0 aromatic heterocycles. The number of ether oxygens (including phenoxy) is 1. The van der Waals surface area contributed by atoms with Gasteiger partial charge in [-0.2, -0.15) is 0 Å². The monoisotopic (exact) mass is 789 g/mol. The average Bonchev–Trinajstić information content (AvgIpc) is 3.21. The third-order valence-corrected chi connectivity index (χ3v) is 13.4. The molecule has 0 heterocycles. The summed E-state index contributed by atoms with van der Waals surface area (Å²) in [5, 5.41) is 0. The molecule has 0 fully saturated rings. The smallest absolute Gasteiger partial charge is 0.312 e. The standard InChI is InChI=1S/C54H108O2/c1-6-11-16-21-26-31-33-38-43-48-52(47-42-37-32-27-22-17-12-7-2)54(49-44-39-34-28-23-18-13-8-3,50-45-40-35-29-24-19-14-9-4)53(55)56-51-46-41-36-30-25-20-15-10-5/h52H,6-51H2,1-5H3. The number of unbranched alkanes of at least 4 members (excludes halogenated alkanes) is 36. The van der Waals surface area contributed by atoms with Crippen molar-refractivity contribution in [3.05, 3.63) is 0 Å². The molecule has 0 bridgehead atoms. The van der Waals surface area contributed by atoms with Gasteiger partial charge >= 0.3 is 5.97 Å². The van der Waals surface area contributed by atoms with Gasteiger partial charge in [-0.3, -0.25) is 4.79 Å². The maximum absolute atomic E-state index is 14.9. The van der Waals surface area contributed by atoms with E-state index in [0.717, 1.165) is 19.3 Å². The molecular formula is C54H108O2. The van der Waals surface area contributed by atoms with E-state index in [1.54, 1.807) is 0 Å². The van der Waals surface area contributed by atoms with Gasteiger partial charge in [0.15, 0.2) is 0 Å². The van der Waals surface area contributed by atoms with Gasteiger partial charge < -0.3 is 4.74 Å². The van der Waals surface area contributed by atoms with Crippen LogP contribution in [0.4, 0.5) is 0 Å². The van der Waals surface area contributed by atoms with Crippen molar-refractivity contribution in [2.45, 2.75) is 324 Å². The highest BCUT2D eigenvalue weighted by Crippen LogP contribution is 2.46. The zero-order valence-corrected chi connectivity index (χ0v) is 39.9. The van der Waals surface area contributed by atoms with Crippen LogP contribution in [0.5, 0.6) is 0 Å². The maximum Gasteiger partial charge on any atom is 0.312 e. The molecule has 336 valence electrons. The molecule has 0 aromatic rings. The SMILES string of the molecule is CCCCCCCCCCCC(CCCCCCCCCC)C(CCCCCCCCCC)(CCCCCCCCCC)C(=O)OCCCCCCCCCC. The van der Waals surface area contributed by atoms with E-state index in [2.05, 4.69) is 34.6 Å². The molecule has 0 N–H and O–H groups in total. The molecule has 0 rings (SSSR count). The molecule has 0 aliphatic rings. The van der Waals surface area contributed by atoms with Crippen LogP contribution in [0, 0.1) is 11.3 Å². The number of carbonyl (C=O) groups excluding carboxylic acids is 1. The Morgan fingerprint density at radius 3 is 0.839 bits per heavy atom. The Morgan fingerprint density at radius 2 is 0.554 bits per heavy atom. The van der Waals surface area contributed by atoms with Gasteiger partial charge in [0.25, 0.3) is 0 Å². The third-order valence-electron chi connectivity index (χ3n) is 13.4. The summed E-state index contributed by atoms with van der Waals surface area (Å²) in [6.07, 6.45) is 59.7. The van der Waals surface area contributed by atoms with Gasteiger partial charge in [-0.15, -0.1) is 0 Å². The van der Waals surface area contributed by atoms with E-state index >= 15 is 0 Å². The Kier molecular flexibility index (Phi) is 45.1. The van der Waals surface area contributed by atoms with E-state index in [4.69, 9.17) is 4.74 Å². The maximum atomic E-state index is 14.9. The highest BCUT2D eigenvalue weighted by atomic mass is 16.5. The predicted octanol–water partition coefficient (Wildman–Crippen LogP) is 19.8. The molecule has 0 aliphatic heterocycles. The van der Waals surface area contributed by atoms with Crippen LogP contribution in [0.15, 0.2) is 0 Å². The number of esters is 1. The van der Waals surface area contributed by atoms with Crippen LogP contribution < -0.4 is 0 Å². The summed E-state index contributed by atoms with van der Waals surface area (Å²) in [5.41, 5.74) is -0.272. The largest absolute Gasteiger partial charge is 0.465 e. The normalized spacial score (nSPS) is 12.4. The van der Waals surface area contributed by atoms with Gasteiger partial charge in [-0.05, 0) is 38.0 Å². The van der Waals surface area contributed by atoms with E-state index in [0.29, 0.717) is 12.5 Å². The van der Waals surface area contributed by atoms with Crippen molar-refractivity contribution < 1.29 is 9.53 Å². The molecule has 0 radical (unpaired) electrons. The van der Waals surface area contributed by atoms with E-state index in [-0.39, 0.29) is 11.4 Å². The summed E-state index contributed by atoms with van der Waals surface area (Å²) < 4.78 is 6.51. The van der Waals surface area contributed by atoms with Crippen molar-refractivity contribution in [3.63, 3.8) is 0 Å². The van der Waals surface area contributed by atoms with Gasteiger partial charge in [0.2, 0.25) is 0 Å². The summed E-state index contributed by atoms with van der Waals surface area (Å²) in [7, 11) is 0. The fourth-order valence-electron chi connectivity index (χ4n) is 9.52. The second kappa shape index (κ2) is 45.6. The van der Waals surface area contributed by atoms with E-state index < -0.39 is 0 Å². The highest BCUT2D eigenvalue weighted by Gasteiger charge is 2.45. The highest BCUT2D eigenvalue weighted by molar-refractivity contribution is 5.77. The fraction of sp³-hybridized carbons (Fsp3) is 0.981. The first-order valence-electron chi connectivity index (χ1n) is 26.8. The van der Waals surface area contributed by atoms with Crippen LogP contribution in [0.1, 0.15) is 324 Å². The molecule has 0 saturated carbocycles. The number of carbonyl (C=O) groups is 1. The molecular weight excluding hydrogens is 681 g/mol. The quantitative estimate of drug-likeness (QED) is 0.0453. The van der Waals surface area contributed by atoms with Crippen LogP contribution in [-0.2, 0) is 9.53 Å². The topological polar surface area (TPSA) is 26.3 Å². The number of hydrogen-bond acceptors (Lipinski definition) is 2. The Morgan fingerprint density at radius 1 is 0.321 bits per heavy atom. The van der Waals surface area contributed by atoms with E-state index in [1.165, 1.54) is 270 Å². The van der Waals surface area contributed by atoms with Crippen molar-refractivity contribution in [2.75, 3.05) is 6.61 Å². The average molecular weight is 789 g/mol. The van der Waals surface area contributed by atoms with Crippen molar-refractivity contribution in [1.29, 1.82) is 0 Å². The Labute approximate surface area is 355 Å². The Balaban J connectivity index is 5.92. The van der Waals surface area contributed by atoms with Crippen LogP contribution in [0.2, 0.25) is 0 Å². The Hall–Kier alpha value is -0.530. The molecule has 0 saturated heterocycles. The minimum Gasteiger partial charge on any atom is -0.465 e. The van der Waals surface area contributed by atoms with E-state index in [9.17, 15) is 4.79 Å². The molecule has 1 unspecified atom stereocenters. The molecule has 0 aliphatic carbocycles. The van der Waals surface area contributed by atoms with Crippen LogP contribution in [0.3, 0.4) is 0 Å². The number of rotatable bonds is 48. The van der Waals surface area contributed by atoms with Crippen molar-refractivity contribution in [3.8, 4) is 0 Å². The second-order valence-corrected chi connectivity index (χ2v) is 18.8. The molecule has 2 nitrogen and oxygen atoms in total. The molecule has 2 heteroatoms. The van der Waals surface area contributed by atoms with Crippen molar-refractivity contribution in [2.24, 2.45) is 11.3 Å². The summed E-state index contributed by atoms with van der Waals surface area (Å²) in [6, 6.07) is 0. The molecule has 0 spiro atoms. The van der Waals surface area contributed by atoms with Gasteiger partial charge in [0, 0.05) is 0 Å². The van der Waals surface area contributed by atoms with Gasteiger partial charge in [0.05, 0.1) is 12.0 Å².